The van der Waals surface area contributed by atoms with Crippen LogP contribution < -0.4 is 0 Å². The summed E-state index contributed by atoms with van der Waals surface area (Å²) in [6.07, 6.45) is 2.29. The van der Waals surface area contributed by atoms with Crippen molar-refractivity contribution in [2.75, 3.05) is 11.1 Å². The van der Waals surface area contributed by atoms with Gasteiger partial charge in [-0.1, -0.05) is 57.9 Å². The molecule has 0 spiro atoms. The maximum atomic E-state index is 6.04. The Morgan fingerprint density at radius 1 is 1.05 bits per heavy atom. The van der Waals surface area contributed by atoms with Gasteiger partial charge in [0.2, 0.25) is 0 Å². The van der Waals surface area contributed by atoms with Crippen molar-refractivity contribution in [3.05, 3.63) is 65.2 Å². The van der Waals surface area contributed by atoms with E-state index in [1.807, 2.05) is 23.9 Å². The molecule has 0 saturated heterocycles. The van der Waals surface area contributed by atoms with Gasteiger partial charge in [0.1, 0.15) is 0 Å². The summed E-state index contributed by atoms with van der Waals surface area (Å²) < 4.78 is 0. The SMILES string of the molecule is Clc1cccc(CC(CBr)CCSc2ccccc2)c1. The molecule has 0 saturated carbocycles. The van der Waals surface area contributed by atoms with Crippen LogP contribution in [0.5, 0.6) is 0 Å². The summed E-state index contributed by atoms with van der Waals surface area (Å²) in [4.78, 5) is 1.35. The van der Waals surface area contributed by atoms with Crippen LogP contribution in [-0.4, -0.2) is 11.1 Å². The summed E-state index contributed by atoms with van der Waals surface area (Å²) in [5, 5.41) is 1.86. The molecular weight excluding hydrogens is 352 g/mol. The molecule has 2 aromatic rings. The zero-order valence-corrected chi connectivity index (χ0v) is 14.4. The maximum absolute atomic E-state index is 6.04. The van der Waals surface area contributed by atoms with Gasteiger partial charge in [-0.25, -0.2) is 0 Å². The summed E-state index contributed by atoms with van der Waals surface area (Å²) in [7, 11) is 0. The van der Waals surface area contributed by atoms with Crippen LogP contribution in [0.3, 0.4) is 0 Å². The molecule has 1 atom stereocenters. The molecule has 2 aromatic carbocycles. The van der Waals surface area contributed by atoms with Crippen molar-refractivity contribution in [3.63, 3.8) is 0 Å². The standard InChI is InChI=1S/C17H18BrClS/c18-13-15(11-14-5-4-6-16(19)12-14)9-10-20-17-7-2-1-3-8-17/h1-8,12,15H,9-11,13H2. The third-order valence-electron chi connectivity index (χ3n) is 3.17. The van der Waals surface area contributed by atoms with Gasteiger partial charge in [-0.2, -0.15) is 0 Å². The van der Waals surface area contributed by atoms with E-state index in [-0.39, 0.29) is 0 Å². The van der Waals surface area contributed by atoms with Crippen LogP contribution in [0.25, 0.3) is 0 Å². The highest BCUT2D eigenvalue weighted by atomic mass is 79.9. The van der Waals surface area contributed by atoms with E-state index in [2.05, 4.69) is 58.4 Å². The minimum absolute atomic E-state index is 0.657. The fraction of sp³-hybridized carbons (Fsp3) is 0.294. The molecule has 0 N–H and O–H groups in total. The van der Waals surface area contributed by atoms with E-state index in [1.165, 1.54) is 16.9 Å². The fourth-order valence-electron chi connectivity index (χ4n) is 2.09. The minimum atomic E-state index is 0.657. The van der Waals surface area contributed by atoms with Gasteiger partial charge in [-0.3, -0.25) is 0 Å². The minimum Gasteiger partial charge on any atom is -0.126 e. The Morgan fingerprint density at radius 2 is 1.85 bits per heavy atom. The first kappa shape index (κ1) is 15.9. The van der Waals surface area contributed by atoms with E-state index in [4.69, 9.17) is 11.6 Å². The number of benzene rings is 2. The van der Waals surface area contributed by atoms with Crippen LogP contribution in [0.4, 0.5) is 0 Å². The molecular formula is C17H18BrClS. The fourth-order valence-corrected chi connectivity index (χ4v) is 3.89. The second-order valence-electron chi connectivity index (χ2n) is 4.80. The van der Waals surface area contributed by atoms with Crippen LogP contribution in [0, 0.1) is 5.92 Å². The Kier molecular flexibility index (Phi) is 6.98. The molecule has 0 bridgehead atoms. The lowest BCUT2D eigenvalue weighted by Gasteiger charge is -2.14. The van der Waals surface area contributed by atoms with Gasteiger partial charge in [0.15, 0.2) is 0 Å². The molecule has 0 radical (unpaired) electrons. The monoisotopic (exact) mass is 368 g/mol. The van der Waals surface area contributed by atoms with E-state index in [1.54, 1.807) is 0 Å². The van der Waals surface area contributed by atoms with Gasteiger partial charge in [0.25, 0.3) is 0 Å². The van der Waals surface area contributed by atoms with Crippen LogP contribution in [0.1, 0.15) is 12.0 Å². The van der Waals surface area contributed by atoms with Crippen molar-refractivity contribution in [1.82, 2.24) is 0 Å². The molecule has 0 amide bonds. The zero-order chi connectivity index (χ0) is 14.2. The predicted molar refractivity (Wildman–Crippen MR) is 94.2 cm³/mol. The topological polar surface area (TPSA) is 0 Å². The lowest BCUT2D eigenvalue weighted by atomic mass is 9.99. The van der Waals surface area contributed by atoms with Gasteiger partial charge in [-0.15, -0.1) is 11.8 Å². The molecule has 0 nitrogen and oxygen atoms in total. The number of halogens is 2. The Morgan fingerprint density at radius 3 is 2.55 bits per heavy atom. The largest absolute Gasteiger partial charge is 0.126 e. The second kappa shape index (κ2) is 8.76. The van der Waals surface area contributed by atoms with Gasteiger partial charge >= 0.3 is 0 Å². The van der Waals surface area contributed by atoms with Crippen molar-refractivity contribution in [3.8, 4) is 0 Å². The summed E-state index contributed by atoms with van der Waals surface area (Å²) in [6, 6.07) is 18.8. The van der Waals surface area contributed by atoms with Gasteiger partial charge in [-0.05, 0) is 54.3 Å². The lowest BCUT2D eigenvalue weighted by molar-refractivity contribution is 0.579. The van der Waals surface area contributed by atoms with Crippen molar-refractivity contribution >= 4 is 39.3 Å². The first-order valence-corrected chi connectivity index (χ1v) is 9.24. The van der Waals surface area contributed by atoms with Gasteiger partial charge in [0, 0.05) is 15.2 Å². The third kappa shape index (κ3) is 5.51. The number of thioether (sulfide) groups is 1. The highest BCUT2D eigenvalue weighted by molar-refractivity contribution is 9.09. The Bertz CT molecular complexity index is 515. The Labute approximate surface area is 139 Å². The van der Waals surface area contributed by atoms with E-state index in [0.29, 0.717) is 5.92 Å². The average Bonchev–Trinajstić information content (AvgIpc) is 2.47. The van der Waals surface area contributed by atoms with Crippen molar-refractivity contribution < 1.29 is 0 Å². The quantitative estimate of drug-likeness (QED) is 0.421. The molecule has 2 rings (SSSR count). The molecule has 0 aliphatic rings. The van der Waals surface area contributed by atoms with Crippen LogP contribution in [0.2, 0.25) is 5.02 Å². The highest BCUT2D eigenvalue weighted by Gasteiger charge is 2.09. The molecule has 0 aliphatic carbocycles. The predicted octanol–water partition coefficient (Wildman–Crippen LogP) is 6.08. The third-order valence-corrected chi connectivity index (χ3v) is 5.37. The smallest absolute Gasteiger partial charge is 0.0408 e. The number of rotatable bonds is 7. The average molecular weight is 370 g/mol. The van der Waals surface area contributed by atoms with Crippen molar-refractivity contribution in [2.24, 2.45) is 5.92 Å². The summed E-state index contributed by atoms with van der Waals surface area (Å²) in [5.74, 6) is 1.81. The first-order valence-electron chi connectivity index (χ1n) is 6.76. The summed E-state index contributed by atoms with van der Waals surface area (Å²) in [6.45, 7) is 0. The molecule has 1 unspecified atom stereocenters. The summed E-state index contributed by atoms with van der Waals surface area (Å²) in [5.41, 5.74) is 1.33. The molecule has 20 heavy (non-hydrogen) atoms. The Balaban J connectivity index is 1.80. The summed E-state index contributed by atoms with van der Waals surface area (Å²) >= 11 is 11.6. The van der Waals surface area contributed by atoms with Crippen molar-refractivity contribution in [2.45, 2.75) is 17.7 Å². The number of hydrogen-bond donors (Lipinski definition) is 0. The molecule has 0 aromatic heterocycles. The van der Waals surface area contributed by atoms with E-state index in [9.17, 15) is 0 Å². The highest BCUT2D eigenvalue weighted by Crippen LogP contribution is 2.23. The van der Waals surface area contributed by atoms with Gasteiger partial charge < -0.3 is 0 Å². The first-order chi connectivity index (χ1) is 9.78. The molecule has 3 heteroatoms. The second-order valence-corrected chi connectivity index (χ2v) is 7.06. The maximum Gasteiger partial charge on any atom is 0.0408 e. The van der Waals surface area contributed by atoms with Gasteiger partial charge in [0.05, 0.1) is 0 Å². The molecule has 106 valence electrons. The molecule has 0 aliphatic heterocycles. The van der Waals surface area contributed by atoms with E-state index < -0.39 is 0 Å². The van der Waals surface area contributed by atoms with Crippen LogP contribution in [-0.2, 0) is 6.42 Å². The lowest BCUT2D eigenvalue weighted by Crippen LogP contribution is -2.07. The van der Waals surface area contributed by atoms with E-state index >= 15 is 0 Å². The number of alkyl halides is 1. The molecule has 0 fully saturated rings. The number of hydrogen-bond acceptors (Lipinski definition) is 1. The van der Waals surface area contributed by atoms with Crippen LogP contribution >= 0.6 is 39.3 Å². The van der Waals surface area contributed by atoms with Crippen molar-refractivity contribution in [1.29, 1.82) is 0 Å². The normalized spacial score (nSPS) is 12.3. The van der Waals surface area contributed by atoms with E-state index in [0.717, 1.165) is 22.5 Å². The molecule has 0 heterocycles. The van der Waals surface area contributed by atoms with Crippen LogP contribution in [0.15, 0.2) is 59.5 Å². The zero-order valence-electron chi connectivity index (χ0n) is 11.3. The Hall–Kier alpha value is -0.440.